The molecule has 3 amide bonds. The quantitative estimate of drug-likeness (QED) is 0.824. The monoisotopic (exact) mass is 381 g/mol. The summed E-state index contributed by atoms with van der Waals surface area (Å²) < 4.78 is 5.43. The molecule has 3 rings (SSSR count). The van der Waals surface area contributed by atoms with Gasteiger partial charge in [0.05, 0.1) is 6.54 Å². The number of rotatable bonds is 5. The Hall–Kier alpha value is -3.35. The van der Waals surface area contributed by atoms with Crippen molar-refractivity contribution in [3.8, 4) is 0 Å². The molecule has 0 bridgehead atoms. The van der Waals surface area contributed by atoms with Crippen LogP contribution in [0.15, 0.2) is 54.6 Å². The van der Waals surface area contributed by atoms with Gasteiger partial charge in [-0.15, -0.1) is 0 Å². The van der Waals surface area contributed by atoms with Gasteiger partial charge in [-0.3, -0.25) is 14.5 Å². The van der Waals surface area contributed by atoms with E-state index in [0.717, 1.165) is 16.7 Å². The molecule has 2 aromatic rings. The molecule has 1 aliphatic rings. The number of nitrogens with zero attached hydrogens (tertiary/aromatic N) is 1. The van der Waals surface area contributed by atoms with Gasteiger partial charge < -0.3 is 15.8 Å². The third-order valence-corrected chi connectivity index (χ3v) is 4.78. The summed E-state index contributed by atoms with van der Waals surface area (Å²) in [6, 6.07) is 15.4. The largest absolute Gasteiger partial charge is 0.445 e. The third-order valence-electron chi connectivity index (χ3n) is 4.78. The molecule has 0 aliphatic carbocycles. The molecule has 146 valence electrons. The van der Waals surface area contributed by atoms with Gasteiger partial charge in [0.25, 0.3) is 0 Å². The third kappa shape index (κ3) is 4.49. The van der Waals surface area contributed by atoms with Gasteiger partial charge in [0.1, 0.15) is 18.7 Å². The standard InChI is InChI=1S/C21H23N3O4/c1-14(19(22)25)23-20(26)18-11-16-9-5-6-10-17(16)12-24(18)21(27)28-13-15-7-3-2-4-8-15/h2-10,14,18H,11-13H2,1H3,(H2,22,25)(H,23,26)/t14-,18+/m1/s1. The number of benzene rings is 2. The molecule has 0 spiro atoms. The lowest BCUT2D eigenvalue weighted by molar-refractivity contribution is -0.130. The highest BCUT2D eigenvalue weighted by molar-refractivity contribution is 5.91. The van der Waals surface area contributed by atoms with E-state index in [1.165, 1.54) is 11.8 Å². The van der Waals surface area contributed by atoms with Crippen LogP contribution in [0.4, 0.5) is 4.79 Å². The van der Waals surface area contributed by atoms with Gasteiger partial charge in [-0.2, -0.15) is 0 Å². The van der Waals surface area contributed by atoms with Crippen molar-refractivity contribution in [1.29, 1.82) is 0 Å². The number of hydrogen-bond donors (Lipinski definition) is 2. The van der Waals surface area contributed by atoms with Crippen LogP contribution in [0, 0.1) is 0 Å². The Balaban J connectivity index is 1.77. The maximum absolute atomic E-state index is 12.7. The topological polar surface area (TPSA) is 102 Å². The maximum atomic E-state index is 12.7. The van der Waals surface area contributed by atoms with Crippen LogP contribution in [-0.4, -0.2) is 34.9 Å². The minimum atomic E-state index is -0.827. The molecule has 7 nitrogen and oxygen atoms in total. The molecule has 0 aromatic heterocycles. The highest BCUT2D eigenvalue weighted by atomic mass is 16.6. The van der Waals surface area contributed by atoms with Crippen molar-refractivity contribution in [2.24, 2.45) is 5.73 Å². The lowest BCUT2D eigenvalue weighted by Gasteiger charge is -2.35. The first-order valence-corrected chi connectivity index (χ1v) is 9.09. The highest BCUT2D eigenvalue weighted by Crippen LogP contribution is 2.24. The van der Waals surface area contributed by atoms with E-state index in [0.29, 0.717) is 6.42 Å². The van der Waals surface area contributed by atoms with Crippen LogP contribution in [0.1, 0.15) is 23.6 Å². The number of carbonyl (C=O) groups excluding carboxylic acids is 3. The summed E-state index contributed by atoms with van der Waals surface area (Å²) in [4.78, 5) is 38.2. The Morgan fingerprint density at radius 3 is 2.43 bits per heavy atom. The molecule has 0 unspecified atom stereocenters. The molecule has 28 heavy (non-hydrogen) atoms. The average molecular weight is 381 g/mol. The molecule has 7 heteroatoms. The van der Waals surface area contributed by atoms with Crippen molar-refractivity contribution in [3.63, 3.8) is 0 Å². The van der Waals surface area contributed by atoms with Crippen molar-refractivity contribution in [2.45, 2.75) is 38.6 Å². The Morgan fingerprint density at radius 1 is 1.11 bits per heavy atom. The Labute approximate surface area is 163 Å². The summed E-state index contributed by atoms with van der Waals surface area (Å²) >= 11 is 0. The number of fused-ring (bicyclic) bond motifs is 1. The smallest absolute Gasteiger partial charge is 0.411 e. The van der Waals surface area contributed by atoms with Gasteiger partial charge in [0, 0.05) is 6.42 Å². The van der Waals surface area contributed by atoms with Crippen molar-refractivity contribution < 1.29 is 19.1 Å². The summed E-state index contributed by atoms with van der Waals surface area (Å²) in [5, 5.41) is 2.58. The van der Waals surface area contributed by atoms with E-state index in [9.17, 15) is 14.4 Å². The molecule has 3 N–H and O–H groups in total. The summed E-state index contributed by atoms with van der Waals surface area (Å²) in [5.74, 6) is -1.07. The average Bonchev–Trinajstić information content (AvgIpc) is 2.71. The Bertz CT molecular complexity index is 869. The van der Waals surface area contributed by atoms with E-state index in [1.807, 2.05) is 54.6 Å². The predicted octanol–water partition coefficient (Wildman–Crippen LogP) is 1.74. The number of carbonyl (C=O) groups is 3. The first-order chi connectivity index (χ1) is 13.5. The Morgan fingerprint density at radius 2 is 1.75 bits per heavy atom. The lowest BCUT2D eigenvalue weighted by atomic mass is 9.93. The van der Waals surface area contributed by atoms with E-state index in [4.69, 9.17) is 10.5 Å². The van der Waals surface area contributed by atoms with E-state index in [-0.39, 0.29) is 13.2 Å². The van der Waals surface area contributed by atoms with Gasteiger partial charge in [-0.05, 0) is 23.6 Å². The number of amides is 3. The minimum Gasteiger partial charge on any atom is -0.445 e. The number of nitrogens with two attached hydrogens (primary N) is 1. The van der Waals surface area contributed by atoms with Crippen LogP contribution in [0.5, 0.6) is 0 Å². The molecular formula is C21H23N3O4. The molecule has 0 saturated carbocycles. The van der Waals surface area contributed by atoms with Crippen LogP contribution in [0.3, 0.4) is 0 Å². The summed E-state index contributed by atoms with van der Waals surface area (Å²) in [7, 11) is 0. The number of ether oxygens (including phenoxy) is 1. The molecular weight excluding hydrogens is 358 g/mol. The Kier molecular flexibility index (Phi) is 5.93. The second-order valence-corrected chi connectivity index (χ2v) is 6.79. The van der Waals surface area contributed by atoms with Crippen LogP contribution < -0.4 is 11.1 Å². The number of primary amides is 1. The second kappa shape index (κ2) is 8.56. The van der Waals surface area contributed by atoms with Crippen LogP contribution in [-0.2, 0) is 33.9 Å². The first kappa shape index (κ1) is 19.4. The lowest BCUT2D eigenvalue weighted by Crippen LogP contribution is -2.55. The van der Waals surface area contributed by atoms with Crippen LogP contribution >= 0.6 is 0 Å². The first-order valence-electron chi connectivity index (χ1n) is 9.09. The van der Waals surface area contributed by atoms with Crippen molar-refractivity contribution >= 4 is 17.9 Å². The fourth-order valence-electron chi connectivity index (χ4n) is 3.13. The van der Waals surface area contributed by atoms with Gasteiger partial charge in [0.2, 0.25) is 11.8 Å². The summed E-state index contributed by atoms with van der Waals surface area (Å²) in [6.07, 6.45) is -0.237. The molecule has 2 atom stereocenters. The van der Waals surface area contributed by atoms with Crippen molar-refractivity contribution in [3.05, 3.63) is 71.3 Å². The van der Waals surface area contributed by atoms with Crippen LogP contribution in [0.25, 0.3) is 0 Å². The maximum Gasteiger partial charge on any atom is 0.411 e. The number of hydrogen-bond acceptors (Lipinski definition) is 4. The van der Waals surface area contributed by atoms with Gasteiger partial charge in [-0.1, -0.05) is 54.6 Å². The zero-order chi connectivity index (χ0) is 20.1. The van der Waals surface area contributed by atoms with E-state index in [1.54, 1.807) is 0 Å². The van der Waals surface area contributed by atoms with E-state index in [2.05, 4.69) is 5.32 Å². The summed E-state index contributed by atoms with van der Waals surface area (Å²) in [6.45, 7) is 1.88. The van der Waals surface area contributed by atoms with E-state index < -0.39 is 30.0 Å². The number of nitrogens with one attached hydrogen (secondary N) is 1. The van der Waals surface area contributed by atoms with E-state index >= 15 is 0 Å². The minimum absolute atomic E-state index is 0.115. The van der Waals surface area contributed by atoms with Gasteiger partial charge >= 0.3 is 6.09 Å². The zero-order valence-corrected chi connectivity index (χ0v) is 15.6. The molecule has 0 fully saturated rings. The summed E-state index contributed by atoms with van der Waals surface area (Å²) in [5.41, 5.74) is 8.05. The SMILES string of the molecule is C[C@@H](NC(=O)[C@@H]1Cc2ccccc2CN1C(=O)OCc1ccccc1)C(N)=O. The van der Waals surface area contributed by atoms with Crippen molar-refractivity contribution in [2.75, 3.05) is 0 Å². The molecule has 2 aromatic carbocycles. The second-order valence-electron chi connectivity index (χ2n) is 6.79. The predicted molar refractivity (Wildman–Crippen MR) is 103 cm³/mol. The van der Waals surface area contributed by atoms with Gasteiger partial charge in [0.15, 0.2) is 0 Å². The molecule has 0 radical (unpaired) electrons. The highest BCUT2D eigenvalue weighted by Gasteiger charge is 2.36. The van der Waals surface area contributed by atoms with Crippen molar-refractivity contribution in [1.82, 2.24) is 10.2 Å². The fraction of sp³-hybridized carbons (Fsp3) is 0.286. The zero-order valence-electron chi connectivity index (χ0n) is 15.6. The normalized spacial score (nSPS) is 16.6. The molecule has 1 aliphatic heterocycles. The fourth-order valence-corrected chi connectivity index (χ4v) is 3.13. The van der Waals surface area contributed by atoms with Gasteiger partial charge in [-0.25, -0.2) is 4.79 Å². The van der Waals surface area contributed by atoms with Crippen LogP contribution in [0.2, 0.25) is 0 Å². The molecule has 0 saturated heterocycles. The molecule has 1 heterocycles.